The fourth-order valence-electron chi connectivity index (χ4n) is 4.07. The Hall–Kier alpha value is -1.88. The van der Waals surface area contributed by atoms with E-state index >= 15 is 0 Å². The number of ether oxygens (including phenoxy) is 1. The monoisotopic (exact) mass is 331 g/mol. The minimum Gasteiger partial charge on any atom is -0.464 e. The molecule has 130 valence electrons. The molecule has 2 heterocycles. The largest absolute Gasteiger partial charge is 0.464 e. The molecule has 0 saturated carbocycles. The molecular formula is C19H27N2O3+. The van der Waals surface area contributed by atoms with Gasteiger partial charge in [-0.05, 0) is 44.2 Å². The summed E-state index contributed by atoms with van der Waals surface area (Å²) in [6, 6.07) is 9.56. The number of rotatable bonds is 5. The van der Waals surface area contributed by atoms with Crippen molar-refractivity contribution < 1.29 is 19.2 Å². The van der Waals surface area contributed by atoms with Crippen LogP contribution in [0.4, 0.5) is 0 Å². The summed E-state index contributed by atoms with van der Waals surface area (Å²) in [6.45, 7) is 2.96. The lowest BCUT2D eigenvalue weighted by atomic mass is 9.84. The van der Waals surface area contributed by atoms with Crippen molar-refractivity contribution >= 4 is 11.9 Å². The third-order valence-corrected chi connectivity index (χ3v) is 5.32. The standard InChI is InChI=1S/C19H26N2O3/c22-18(13-20-19(23)15-7-2-1-3-8-15)24-14-16-9-6-12-21-11-5-4-10-17(16)21/h1-3,7-8,16-17H,4-6,9-14H2,(H,20,23)/p+1. The minimum atomic E-state index is -0.345. The molecule has 0 bridgehead atoms. The fraction of sp³-hybridized carbons (Fsp3) is 0.579. The Labute approximate surface area is 143 Å². The van der Waals surface area contributed by atoms with Gasteiger partial charge in [-0.2, -0.15) is 0 Å². The quantitative estimate of drug-likeness (QED) is 0.785. The van der Waals surface area contributed by atoms with Crippen LogP contribution in [-0.2, 0) is 9.53 Å². The van der Waals surface area contributed by atoms with Crippen LogP contribution < -0.4 is 10.2 Å². The first-order chi connectivity index (χ1) is 11.7. The van der Waals surface area contributed by atoms with Gasteiger partial charge in [0.1, 0.15) is 6.54 Å². The number of hydrogen-bond acceptors (Lipinski definition) is 3. The maximum atomic E-state index is 11.9. The van der Waals surface area contributed by atoms with Crippen molar-refractivity contribution in [3.63, 3.8) is 0 Å². The summed E-state index contributed by atoms with van der Waals surface area (Å²) < 4.78 is 5.45. The lowest BCUT2D eigenvalue weighted by Crippen LogP contribution is -3.18. The second kappa shape index (κ2) is 8.29. The third-order valence-electron chi connectivity index (χ3n) is 5.32. The summed E-state index contributed by atoms with van der Waals surface area (Å²) in [4.78, 5) is 25.6. The first-order valence-corrected chi connectivity index (χ1v) is 9.07. The van der Waals surface area contributed by atoms with Crippen molar-refractivity contribution in [1.82, 2.24) is 5.32 Å². The molecule has 2 N–H and O–H groups in total. The number of carbonyl (C=O) groups is 2. The van der Waals surface area contributed by atoms with E-state index in [4.69, 9.17) is 4.74 Å². The summed E-state index contributed by atoms with van der Waals surface area (Å²) in [5, 5.41) is 2.62. The SMILES string of the molecule is O=C(CNC(=O)c1ccccc1)OCC1CCC[NH+]2CCCCC12. The minimum absolute atomic E-state index is 0.0678. The Balaban J connectivity index is 1.41. The predicted molar refractivity (Wildman–Crippen MR) is 90.8 cm³/mol. The molecule has 2 saturated heterocycles. The number of nitrogens with one attached hydrogen (secondary N) is 2. The molecule has 3 rings (SSSR count). The van der Waals surface area contributed by atoms with E-state index < -0.39 is 0 Å². The molecule has 5 heteroatoms. The van der Waals surface area contributed by atoms with Gasteiger partial charge in [-0.1, -0.05) is 18.2 Å². The van der Waals surface area contributed by atoms with Crippen molar-refractivity contribution in [1.29, 1.82) is 0 Å². The molecule has 24 heavy (non-hydrogen) atoms. The van der Waals surface area contributed by atoms with E-state index in [1.165, 1.54) is 38.8 Å². The van der Waals surface area contributed by atoms with Gasteiger partial charge in [0.05, 0.1) is 25.7 Å². The molecule has 0 aromatic heterocycles. The van der Waals surface area contributed by atoms with Crippen LogP contribution in [0.1, 0.15) is 42.5 Å². The summed E-state index contributed by atoms with van der Waals surface area (Å²) in [5.41, 5.74) is 0.555. The molecule has 2 aliphatic rings. The summed E-state index contributed by atoms with van der Waals surface area (Å²) >= 11 is 0. The first-order valence-electron chi connectivity index (χ1n) is 9.07. The molecule has 0 aliphatic carbocycles. The highest BCUT2D eigenvalue weighted by Gasteiger charge is 2.37. The average molecular weight is 331 g/mol. The topological polar surface area (TPSA) is 59.8 Å². The second-order valence-electron chi connectivity index (χ2n) is 6.89. The lowest BCUT2D eigenvalue weighted by Gasteiger charge is -2.40. The molecular weight excluding hydrogens is 304 g/mol. The average Bonchev–Trinajstić information content (AvgIpc) is 2.65. The van der Waals surface area contributed by atoms with Crippen LogP contribution in [0, 0.1) is 5.92 Å². The van der Waals surface area contributed by atoms with Crippen molar-refractivity contribution in [2.75, 3.05) is 26.2 Å². The smallest absolute Gasteiger partial charge is 0.325 e. The zero-order chi connectivity index (χ0) is 16.8. The van der Waals surface area contributed by atoms with Crippen LogP contribution in [0.25, 0.3) is 0 Å². The van der Waals surface area contributed by atoms with E-state index in [1.807, 2.05) is 6.07 Å². The van der Waals surface area contributed by atoms with Gasteiger partial charge in [-0.15, -0.1) is 0 Å². The molecule has 2 aliphatic heterocycles. The summed E-state index contributed by atoms with van der Waals surface area (Å²) in [5.74, 6) is -0.113. The fourth-order valence-corrected chi connectivity index (χ4v) is 4.07. The lowest BCUT2D eigenvalue weighted by molar-refractivity contribution is -0.940. The Kier molecular flexibility index (Phi) is 5.86. The van der Waals surface area contributed by atoms with Crippen LogP contribution >= 0.6 is 0 Å². The van der Waals surface area contributed by atoms with Gasteiger partial charge in [0.15, 0.2) is 0 Å². The van der Waals surface area contributed by atoms with Crippen LogP contribution in [0.2, 0.25) is 0 Å². The van der Waals surface area contributed by atoms with Crippen molar-refractivity contribution in [2.24, 2.45) is 5.92 Å². The van der Waals surface area contributed by atoms with Crippen molar-refractivity contribution in [2.45, 2.75) is 38.1 Å². The van der Waals surface area contributed by atoms with Gasteiger partial charge >= 0.3 is 5.97 Å². The van der Waals surface area contributed by atoms with Crippen LogP contribution in [0.15, 0.2) is 30.3 Å². The number of esters is 1. The number of amides is 1. The molecule has 3 atom stereocenters. The highest BCUT2D eigenvalue weighted by atomic mass is 16.5. The molecule has 1 aromatic carbocycles. The number of fused-ring (bicyclic) bond motifs is 1. The number of piperidine rings is 2. The molecule has 1 amide bonds. The zero-order valence-corrected chi connectivity index (χ0v) is 14.1. The van der Waals surface area contributed by atoms with Gasteiger partial charge in [0.2, 0.25) is 0 Å². The van der Waals surface area contributed by atoms with E-state index in [1.54, 1.807) is 29.2 Å². The Bertz CT molecular complexity index is 559. The molecule has 1 aromatic rings. The maximum absolute atomic E-state index is 11.9. The molecule has 3 unspecified atom stereocenters. The molecule has 2 fully saturated rings. The van der Waals surface area contributed by atoms with E-state index in [0.717, 1.165) is 6.42 Å². The number of quaternary nitrogens is 1. The number of carbonyl (C=O) groups excluding carboxylic acids is 2. The summed E-state index contributed by atoms with van der Waals surface area (Å²) in [6.07, 6.45) is 6.24. The molecule has 0 spiro atoms. The normalized spacial score (nSPS) is 26.2. The maximum Gasteiger partial charge on any atom is 0.325 e. The Morgan fingerprint density at radius 3 is 2.71 bits per heavy atom. The van der Waals surface area contributed by atoms with Gasteiger partial charge in [-0.3, -0.25) is 9.59 Å². The molecule has 0 radical (unpaired) electrons. The molecule has 5 nitrogen and oxygen atoms in total. The number of benzene rings is 1. The van der Waals surface area contributed by atoms with Gasteiger partial charge in [0, 0.05) is 11.5 Å². The predicted octanol–water partition coefficient (Wildman–Crippen LogP) is 0.807. The Morgan fingerprint density at radius 2 is 1.88 bits per heavy atom. The summed E-state index contributed by atoms with van der Waals surface area (Å²) in [7, 11) is 0. The van der Waals surface area contributed by atoms with E-state index in [0.29, 0.717) is 24.1 Å². The van der Waals surface area contributed by atoms with Gasteiger partial charge < -0.3 is 15.0 Å². The second-order valence-corrected chi connectivity index (χ2v) is 6.89. The zero-order valence-electron chi connectivity index (χ0n) is 14.1. The Morgan fingerprint density at radius 1 is 1.08 bits per heavy atom. The van der Waals surface area contributed by atoms with E-state index in [-0.39, 0.29) is 18.4 Å². The van der Waals surface area contributed by atoms with Gasteiger partial charge in [-0.25, -0.2) is 0 Å². The first kappa shape index (κ1) is 17.0. The van der Waals surface area contributed by atoms with E-state index in [2.05, 4.69) is 5.32 Å². The number of hydrogen-bond donors (Lipinski definition) is 2. The van der Waals surface area contributed by atoms with Crippen molar-refractivity contribution in [3.05, 3.63) is 35.9 Å². The highest BCUT2D eigenvalue weighted by molar-refractivity contribution is 5.95. The third kappa shape index (κ3) is 4.35. The van der Waals surface area contributed by atoms with Gasteiger partial charge in [0.25, 0.3) is 5.91 Å². The van der Waals surface area contributed by atoms with Crippen LogP contribution in [0.3, 0.4) is 0 Å². The van der Waals surface area contributed by atoms with Crippen molar-refractivity contribution in [3.8, 4) is 0 Å². The van der Waals surface area contributed by atoms with Crippen LogP contribution in [0.5, 0.6) is 0 Å². The van der Waals surface area contributed by atoms with E-state index in [9.17, 15) is 9.59 Å². The van der Waals surface area contributed by atoms with Crippen LogP contribution in [-0.4, -0.2) is 44.2 Å². The highest BCUT2D eigenvalue weighted by Crippen LogP contribution is 2.20.